The molecule has 1 heterocycles. The van der Waals surface area contributed by atoms with Crippen LogP contribution in [0.25, 0.3) is 10.9 Å². The van der Waals surface area contributed by atoms with Crippen molar-refractivity contribution in [1.29, 1.82) is 0 Å². The number of amides is 1. The summed E-state index contributed by atoms with van der Waals surface area (Å²) in [6.45, 7) is 2.17. The Bertz CT molecular complexity index is 889. The van der Waals surface area contributed by atoms with Gasteiger partial charge >= 0.3 is 6.03 Å². The third kappa shape index (κ3) is 3.79. The van der Waals surface area contributed by atoms with Gasteiger partial charge in [0.25, 0.3) is 0 Å². The summed E-state index contributed by atoms with van der Waals surface area (Å²) in [5.74, 6) is 0. The Labute approximate surface area is 158 Å². The van der Waals surface area contributed by atoms with E-state index >= 15 is 0 Å². The molecule has 3 rings (SSSR count). The van der Waals surface area contributed by atoms with E-state index in [9.17, 15) is 4.79 Å². The van der Waals surface area contributed by atoms with Crippen LogP contribution < -0.4 is 11.5 Å². The zero-order valence-corrected chi connectivity index (χ0v) is 15.8. The van der Waals surface area contributed by atoms with Crippen LogP contribution in [0.3, 0.4) is 0 Å². The summed E-state index contributed by atoms with van der Waals surface area (Å²) in [6.07, 6.45) is 4.13. The number of nitrogens with zero attached hydrogens (tertiary/aromatic N) is 1. The Morgan fingerprint density at radius 3 is 2.46 bits per heavy atom. The molecule has 0 saturated heterocycles. The van der Waals surface area contributed by atoms with Crippen molar-refractivity contribution < 1.29 is 4.79 Å². The van der Waals surface area contributed by atoms with Crippen molar-refractivity contribution in [3.8, 4) is 0 Å². The topological polar surface area (TPSA) is 74.0 Å². The van der Waals surface area contributed by atoms with Gasteiger partial charge in [-0.3, -0.25) is 4.57 Å². The number of para-hydroxylation sites is 1. The van der Waals surface area contributed by atoms with E-state index in [1.54, 1.807) is 16.3 Å². The van der Waals surface area contributed by atoms with Gasteiger partial charge in [0.15, 0.2) is 0 Å². The lowest BCUT2D eigenvalue weighted by molar-refractivity contribution is 0.250. The van der Waals surface area contributed by atoms with Gasteiger partial charge in [0.05, 0.1) is 11.2 Å². The van der Waals surface area contributed by atoms with E-state index in [0.29, 0.717) is 0 Å². The summed E-state index contributed by atoms with van der Waals surface area (Å²) in [5.41, 5.74) is 13.9. The van der Waals surface area contributed by atoms with Crippen LogP contribution in [0.4, 0.5) is 4.79 Å². The van der Waals surface area contributed by atoms with Crippen molar-refractivity contribution in [3.05, 3.63) is 60.3 Å². The Kier molecular flexibility index (Phi) is 6.01. The molecule has 0 saturated carbocycles. The molecule has 3 aromatic rings. The van der Waals surface area contributed by atoms with E-state index < -0.39 is 6.03 Å². The average Bonchev–Trinajstić information content (AvgIpc) is 2.97. The van der Waals surface area contributed by atoms with E-state index in [2.05, 4.69) is 19.1 Å². The molecule has 5 heteroatoms. The monoisotopic (exact) mass is 367 g/mol. The highest BCUT2D eigenvalue weighted by atomic mass is 32.2. The summed E-state index contributed by atoms with van der Waals surface area (Å²) in [6, 6.07) is 17.3. The number of aromatic nitrogens is 1. The quantitative estimate of drug-likeness (QED) is 0.557. The Hall–Kier alpha value is -2.24. The second-order valence-corrected chi connectivity index (χ2v) is 7.51. The summed E-state index contributed by atoms with van der Waals surface area (Å²) in [5, 5.41) is 1.01. The van der Waals surface area contributed by atoms with Gasteiger partial charge in [0.2, 0.25) is 0 Å². The summed E-state index contributed by atoms with van der Waals surface area (Å²) in [7, 11) is 0. The molecule has 0 radical (unpaired) electrons. The maximum Gasteiger partial charge on any atom is 0.323 e. The number of carbonyl (C=O) groups is 1. The first-order chi connectivity index (χ1) is 12.6. The number of hydrogen-bond acceptors (Lipinski definition) is 3. The highest BCUT2D eigenvalue weighted by molar-refractivity contribution is 7.99. The fraction of sp³-hybridized carbons (Fsp3) is 0.286. The van der Waals surface area contributed by atoms with Crippen LogP contribution in [-0.2, 0) is 0 Å². The van der Waals surface area contributed by atoms with Crippen molar-refractivity contribution in [2.24, 2.45) is 11.5 Å². The minimum atomic E-state index is -0.484. The highest BCUT2D eigenvalue weighted by Gasteiger charge is 2.24. The van der Waals surface area contributed by atoms with Gasteiger partial charge in [-0.2, -0.15) is 0 Å². The largest absolute Gasteiger partial charge is 0.351 e. The second-order valence-electron chi connectivity index (χ2n) is 6.42. The minimum absolute atomic E-state index is 0.229. The molecule has 4 nitrogen and oxygen atoms in total. The first-order valence-electron chi connectivity index (χ1n) is 9.05. The van der Waals surface area contributed by atoms with Gasteiger partial charge < -0.3 is 11.5 Å². The van der Waals surface area contributed by atoms with Crippen LogP contribution in [0.5, 0.6) is 0 Å². The number of fused-ring (bicyclic) bond motifs is 1. The smallest absolute Gasteiger partial charge is 0.323 e. The zero-order chi connectivity index (χ0) is 18.5. The lowest BCUT2D eigenvalue weighted by atomic mass is 10.1. The predicted molar refractivity (Wildman–Crippen MR) is 109 cm³/mol. The van der Waals surface area contributed by atoms with Crippen LogP contribution in [0.2, 0.25) is 0 Å². The number of unbranched alkanes of at least 4 members (excludes halogenated alkanes) is 2. The second kappa shape index (κ2) is 8.43. The maximum absolute atomic E-state index is 12.3. The van der Waals surface area contributed by atoms with E-state index in [1.807, 2.05) is 42.5 Å². The average molecular weight is 368 g/mol. The number of benzene rings is 2. The van der Waals surface area contributed by atoms with E-state index in [-0.39, 0.29) is 6.04 Å². The first-order valence-corrected chi connectivity index (χ1v) is 9.86. The Morgan fingerprint density at radius 2 is 1.77 bits per heavy atom. The minimum Gasteiger partial charge on any atom is -0.351 e. The number of nitrogens with two attached hydrogens (primary N) is 2. The fourth-order valence-electron chi connectivity index (χ4n) is 3.27. The van der Waals surface area contributed by atoms with Crippen LogP contribution in [-0.4, -0.2) is 10.6 Å². The molecule has 0 bridgehead atoms. The Morgan fingerprint density at radius 1 is 1.08 bits per heavy atom. The number of hydrogen-bond donors (Lipinski definition) is 2. The van der Waals surface area contributed by atoms with Crippen molar-refractivity contribution in [2.45, 2.75) is 48.4 Å². The standard InChI is InChI=1S/C21H25N3OS/c1-2-3-5-13-17(22)19-20(26-15-10-6-4-7-11-15)16-12-8-9-14-18(16)24(19)21(23)25/h4,6-12,14,17H,2-3,5,13,22H2,1H3,(H2,23,25)/t17-/m0/s1. The molecule has 0 aliphatic rings. The lowest BCUT2D eigenvalue weighted by Gasteiger charge is -2.16. The third-order valence-electron chi connectivity index (χ3n) is 4.52. The molecule has 1 aromatic heterocycles. The summed E-state index contributed by atoms with van der Waals surface area (Å²) < 4.78 is 1.59. The summed E-state index contributed by atoms with van der Waals surface area (Å²) >= 11 is 1.64. The van der Waals surface area contributed by atoms with E-state index in [1.165, 1.54) is 0 Å². The summed E-state index contributed by atoms with van der Waals surface area (Å²) in [4.78, 5) is 14.4. The van der Waals surface area contributed by atoms with Gasteiger partial charge in [-0.25, -0.2) is 4.79 Å². The van der Waals surface area contributed by atoms with Crippen molar-refractivity contribution in [2.75, 3.05) is 0 Å². The van der Waals surface area contributed by atoms with Crippen molar-refractivity contribution in [3.63, 3.8) is 0 Å². The van der Waals surface area contributed by atoms with Gasteiger partial charge in [-0.05, 0) is 24.6 Å². The van der Waals surface area contributed by atoms with E-state index in [4.69, 9.17) is 11.5 Å². The molecule has 1 amide bonds. The maximum atomic E-state index is 12.3. The Balaban J connectivity index is 2.13. The molecule has 0 aliphatic carbocycles. The SMILES string of the molecule is CCCCC[C@H](N)c1c(Sc2ccccc2)c2ccccc2n1C(N)=O. The van der Waals surface area contributed by atoms with Crippen LogP contribution >= 0.6 is 11.8 Å². The molecule has 0 aliphatic heterocycles. The molecule has 0 spiro atoms. The molecule has 1 atom stereocenters. The van der Waals surface area contributed by atoms with Gasteiger partial charge in [-0.1, -0.05) is 74.3 Å². The number of rotatable bonds is 7. The van der Waals surface area contributed by atoms with Gasteiger partial charge in [0, 0.05) is 21.2 Å². The zero-order valence-electron chi connectivity index (χ0n) is 15.0. The van der Waals surface area contributed by atoms with Crippen LogP contribution in [0, 0.1) is 0 Å². The first kappa shape index (κ1) is 18.5. The molecular formula is C21H25N3OS. The van der Waals surface area contributed by atoms with Crippen LogP contribution in [0.15, 0.2) is 64.4 Å². The molecule has 0 fully saturated rings. The normalized spacial score (nSPS) is 12.4. The van der Waals surface area contributed by atoms with Gasteiger partial charge in [0.1, 0.15) is 0 Å². The predicted octanol–water partition coefficient (Wildman–Crippen LogP) is 5.30. The van der Waals surface area contributed by atoms with Crippen LogP contribution in [0.1, 0.15) is 44.3 Å². The van der Waals surface area contributed by atoms with Crippen molar-refractivity contribution >= 4 is 28.7 Å². The fourth-order valence-corrected chi connectivity index (χ4v) is 4.42. The highest BCUT2D eigenvalue weighted by Crippen LogP contribution is 2.41. The van der Waals surface area contributed by atoms with Gasteiger partial charge in [-0.15, -0.1) is 0 Å². The lowest BCUT2D eigenvalue weighted by Crippen LogP contribution is -2.25. The molecule has 0 unspecified atom stereocenters. The third-order valence-corrected chi connectivity index (χ3v) is 5.66. The molecule has 26 heavy (non-hydrogen) atoms. The molecular weight excluding hydrogens is 342 g/mol. The molecule has 4 N–H and O–H groups in total. The molecule has 2 aromatic carbocycles. The number of carbonyl (C=O) groups excluding carboxylic acids is 1. The van der Waals surface area contributed by atoms with E-state index in [0.717, 1.165) is 52.1 Å². The molecule has 136 valence electrons. The number of primary amides is 1. The van der Waals surface area contributed by atoms with Crippen molar-refractivity contribution in [1.82, 2.24) is 4.57 Å².